The van der Waals surface area contributed by atoms with Crippen molar-refractivity contribution >= 4 is 17.6 Å². The number of para-hydroxylation sites is 1. The van der Waals surface area contributed by atoms with Crippen molar-refractivity contribution in [3.8, 4) is 22.4 Å². The summed E-state index contributed by atoms with van der Waals surface area (Å²) >= 11 is 0. The standard InChI is InChI=1S/C39H49FN4O12/c1-26(2)37-36(39(48)41-30-11-7-4-8-12-30)35(27-9-5-3-6-10-27)38(28-13-15-29(40)16-14-28)42(37)19-17-31(45)23-32(46)24-34(47)54-20-18-33(56-44(51)52)25-53-21-22-55-43(49)50/h3-16,26,31-33,45-46,49-52H,17-25H2,1-2H3,(H,41,48). The number of hydrogen-bond acceptors (Lipinski definition) is 14. The van der Waals surface area contributed by atoms with Crippen LogP contribution in [0.2, 0.25) is 0 Å². The molecular formula is C39H49FN4O12. The molecule has 304 valence electrons. The Kier molecular flexibility index (Phi) is 17.5. The first-order chi connectivity index (χ1) is 26.8. The van der Waals surface area contributed by atoms with Crippen LogP contribution in [0.5, 0.6) is 0 Å². The van der Waals surface area contributed by atoms with E-state index in [9.17, 15) is 24.2 Å². The van der Waals surface area contributed by atoms with Crippen LogP contribution in [0.1, 0.15) is 61.5 Å². The molecule has 0 bridgehead atoms. The van der Waals surface area contributed by atoms with Gasteiger partial charge in [0.05, 0.1) is 67.1 Å². The monoisotopic (exact) mass is 784 g/mol. The molecule has 3 atom stereocenters. The highest BCUT2D eigenvalue weighted by Gasteiger charge is 2.31. The maximum Gasteiger partial charge on any atom is 0.308 e. The maximum absolute atomic E-state index is 14.3. The highest BCUT2D eigenvalue weighted by atomic mass is 19.1. The molecule has 16 nitrogen and oxygen atoms in total. The zero-order chi connectivity index (χ0) is 40.6. The largest absolute Gasteiger partial charge is 0.465 e. The number of aromatic nitrogens is 1. The lowest BCUT2D eigenvalue weighted by Gasteiger charge is -2.20. The first kappa shape index (κ1) is 44.1. The summed E-state index contributed by atoms with van der Waals surface area (Å²) in [5.41, 5.74) is 4.46. The average molecular weight is 785 g/mol. The molecule has 0 radical (unpaired) electrons. The molecule has 3 unspecified atom stereocenters. The van der Waals surface area contributed by atoms with E-state index in [0.29, 0.717) is 33.8 Å². The second-order valence-corrected chi connectivity index (χ2v) is 13.2. The summed E-state index contributed by atoms with van der Waals surface area (Å²) in [6.45, 7) is 3.33. The lowest BCUT2D eigenvalue weighted by Crippen LogP contribution is -2.30. The lowest BCUT2D eigenvalue weighted by molar-refractivity contribution is -0.507. The molecule has 0 aliphatic heterocycles. The summed E-state index contributed by atoms with van der Waals surface area (Å²) in [4.78, 5) is 35.9. The van der Waals surface area contributed by atoms with Crippen molar-refractivity contribution in [2.75, 3.05) is 31.7 Å². The number of aliphatic hydroxyl groups excluding tert-OH is 2. The fourth-order valence-electron chi connectivity index (χ4n) is 6.25. The Morgan fingerprint density at radius 3 is 2.09 bits per heavy atom. The number of carbonyl (C=O) groups is 2. The van der Waals surface area contributed by atoms with E-state index < -0.39 is 47.3 Å². The van der Waals surface area contributed by atoms with Gasteiger partial charge in [-0.1, -0.05) is 62.4 Å². The van der Waals surface area contributed by atoms with Crippen LogP contribution in [0.4, 0.5) is 10.1 Å². The smallest absolute Gasteiger partial charge is 0.308 e. The Bertz CT molecular complexity index is 1790. The Morgan fingerprint density at radius 1 is 0.804 bits per heavy atom. The number of nitrogens with one attached hydrogen (secondary N) is 1. The van der Waals surface area contributed by atoms with Gasteiger partial charge in [0.25, 0.3) is 5.91 Å². The van der Waals surface area contributed by atoms with Crippen molar-refractivity contribution in [3.63, 3.8) is 0 Å². The number of aliphatic hydroxyl groups is 2. The van der Waals surface area contributed by atoms with E-state index in [1.807, 2.05) is 66.9 Å². The highest BCUT2D eigenvalue weighted by Crippen LogP contribution is 2.42. The van der Waals surface area contributed by atoms with Crippen molar-refractivity contribution in [2.45, 2.75) is 70.3 Å². The van der Waals surface area contributed by atoms with E-state index >= 15 is 0 Å². The van der Waals surface area contributed by atoms with E-state index in [1.54, 1.807) is 24.3 Å². The minimum Gasteiger partial charge on any atom is -0.465 e. The van der Waals surface area contributed by atoms with E-state index in [1.165, 1.54) is 12.1 Å². The normalized spacial score (nSPS) is 13.3. The van der Waals surface area contributed by atoms with Crippen molar-refractivity contribution < 1.29 is 64.2 Å². The van der Waals surface area contributed by atoms with Crippen molar-refractivity contribution in [2.24, 2.45) is 0 Å². The number of ether oxygens (including phenoxy) is 2. The molecule has 1 aromatic heterocycles. The second-order valence-electron chi connectivity index (χ2n) is 13.2. The second kappa shape index (κ2) is 22.2. The van der Waals surface area contributed by atoms with Crippen LogP contribution in [0.25, 0.3) is 22.4 Å². The molecule has 17 heteroatoms. The van der Waals surface area contributed by atoms with E-state index in [-0.39, 0.29) is 64.1 Å². The topological polar surface area (TPSA) is 216 Å². The molecule has 0 aliphatic carbocycles. The maximum atomic E-state index is 14.3. The molecular weight excluding hydrogens is 735 g/mol. The number of hydrogen-bond donors (Lipinski definition) is 7. The van der Waals surface area contributed by atoms with Crippen molar-refractivity contribution in [3.05, 3.63) is 102 Å². The quantitative estimate of drug-likeness (QED) is 0.0278. The predicted octanol–water partition coefficient (Wildman–Crippen LogP) is 5.57. The minimum atomic E-state index is -1.27. The summed E-state index contributed by atoms with van der Waals surface area (Å²) in [5.74, 6) is -1.71. The molecule has 7 N–H and O–H groups in total. The number of esters is 1. The van der Waals surface area contributed by atoms with Crippen molar-refractivity contribution in [1.29, 1.82) is 0 Å². The van der Waals surface area contributed by atoms with Gasteiger partial charge < -0.3 is 29.6 Å². The Balaban J connectivity index is 1.49. The van der Waals surface area contributed by atoms with Crippen LogP contribution in [-0.2, 0) is 30.5 Å². The number of anilines is 1. The molecule has 0 saturated heterocycles. The fraction of sp³-hybridized carbons (Fsp3) is 0.385. The van der Waals surface area contributed by atoms with Gasteiger partial charge in [-0.05, 0) is 66.3 Å². The van der Waals surface area contributed by atoms with Gasteiger partial charge in [0, 0.05) is 29.9 Å². The van der Waals surface area contributed by atoms with Gasteiger partial charge in [-0.3, -0.25) is 30.4 Å². The summed E-state index contributed by atoms with van der Waals surface area (Å²) < 4.78 is 26.5. The predicted molar refractivity (Wildman–Crippen MR) is 198 cm³/mol. The SMILES string of the molecule is CC(C)c1c(C(=O)Nc2ccccc2)c(-c2ccccc2)c(-c2ccc(F)cc2)n1CCC(O)CC(O)CC(=O)OCCC(COCCON(O)O)ON(O)O. The van der Waals surface area contributed by atoms with Crippen LogP contribution in [-0.4, -0.2) is 103 Å². The first-order valence-corrected chi connectivity index (χ1v) is 18.0. The van der Waals surface area contributed by atoms with Gasteiger partial charge in [-0.25, -0.2) is 14.1 Å². The zero-order valence-electron chi connectivity index (χ0n) is 31.1. The summed E-state index contributed by atoms with van der Waals surface area (Å²) in [6, 6.07) is 24.5. The summed E-state index contributed by atoms with van der Waals surface area (Å²) in [7, 11) is 0. The van der Waals surface area contributed by atoms with Crippen LogP contribution in [0.3, 0.4) is 0 Å². The third kappa shape index (κ3) is 13.5. The van der Waals surface area contributed by atoms with Crippen molar-refractivity contribution in [1.82, 2.24) is 15.3 Å². The van der Waals surface area contributed by atoms with Gasteiger partial charge in [-0.15, -0.1) is 0 Å². The van der Waals surface area contributed by atoms with Gasteiger partial charge in [-0.2, -0.15) is 0 Å². The third-order valence-corrected chi connectivity index (χ3v) is 8.61. The molecule has 1 heterocycles. The van der Waals surface area contributed by atoms with Crippen LogP contribution in [0, 0.1) is 5.82 Å². The Hall–Kier alpha value is -4.63. The third-order valence-electron chi connectivity index (χ3n) is 8.61. The lowest BCUT2D eigenvalue weighted by atomic mass is 9.94. The van der Waals surface area contributed by atoms with E-state index in [4.69, 9.17) is 35.1 Å². The number of halogens is 1. The number of carbonyl (C=O) groups excluding carboxylic acids is 2. The molecule has 3 aromatic carbocycles. The van der Waals surface area contributed by atoms with E-state index in [2.05, 4.69) is 10.2 Å². The number of rotatable bonds is 23. The molecule has 0 fully saturated rings. The molecule has 1 amide bonds. The highest BCUT2D eigenvalue weighted by molar-refractivity contribution is 6.12. The molecule has 4 rings (SSSR count). The summed E-state index contributed by atoms with van der Waals surface area (Å²) in [6.07, 6.45) is -3.86. The molecule has 56 heavy (non-hydrogen) atoms. The Labute approximate surface area is 323 Å². The molecule has 4 aromatic rings. The van der Waals surface area contributed by atoms with Gasteiger partial charge in [0.15, 0.2) is 0 Å². The van der Waals surface area contributed by atoms with Crippen LogP contribution < -0.4 is 5.32 Å². The summed E-state index contributed by atoms with van der Waals surface area (Å²) in [5, 5.41) is 58.9. The van der Waals surface area contributed by atoms with Gasteiger partial charge in [0.2, 0.25) is 0 Å². The number of nitrogens with zero attached hydrogens (tertiary/aromatic N) is 3. The molecule has 0 spiro atoms. The molecule has 0 aliphatic rings. The van der Waals surface area contributed by atoms with Crippen LogP contribution >= 0.6 is 0 Å². The van der Waals surface area contributed by atoms with Gasteiger partial charge in [0.1, 0.15) is 11.9 Å². The fourth-order valence-corrected chi connectivity index (χ4v) is 6.25. The number of benzene rings is 3. The minimum absolute atomic E-state index is 0.0448. The Morgan fingerprint density at radius 2 is 1.46 bits per heavy atom. The average Bonchev–Trinajstić information content (AvgIpc) is 3.50. The van der Waals surface area contributed by atoms with Gasteiger partial charge >= 0.3 is 5.97 Å². The molecule has 0 saturated carbocycles. The zero-order valence-corrected chi connectivity index (χ0v) is 31.1. The van der Waals surface area contributed by atoms with Crippen LogP contribution in [0.15, 0.2) is 84.9 Å². The van der Waals surface area contributed by atoms with E-state index in [0.717, 1.165) is 5.56 Å². The number of amides is 1. The first-order valence-electron chi connectivity index (χ1n) is 18.0.